The summed E-state index contributed by atoms with van der Waals surface area (Å²) >= 11 is 0. The minimum absolute atomic E-state index is 0.137. The van der Waals surface area contributed by atoms with E-state index in [-0.39, 0.29) is 32.0 Å². The van der Waals surface area contributed by atoms with Crippen LogP contribution in [0.2, 0.25) is 0 Å². The molecular formula is C9H15N3O4. The molecule has 0 saturated carbocycles. The highest BCUT2D eigenvalue weighted by atomic mass is 16.3. The van der Waals surface area contributed by atoms with E-state index in [2.05, 4.69) is 4.98 Å². The molecule has 16 heavy (non-hydrogen) atoms. The van der Waals surface area contributed by atoms with Gasteiger partial charge in [-0.3, -0.25) is 9.36 Å². The van der Waals surface area contributed by atoms with Gasteiger partial charge in [-0.05, 0) is 0 Å². The Morgan fingerprint density at radius 1 is 1.31 bits per heavy atom. The first-order valence-corrected chi connectivity index (χ1v) is 4.87. The molecule has 0 radical (unpaired) electrons. The summed E-state index contributed by atoms with van der Waals surface area (Å²) in [5, 5.41) is 17.7. The zero-order valence-electron chi connectivity index (χ0n) is 9.01. The number of anilines is 1. The molecule has 7 nitrogen and oxygen atoms in total. The SMILES string of the molecule is Cn1c(=O)[nH]cc(N(CCO)CCO)c1=O. The lowest BCUT2D eigenvalue weighted by Gasteiger charge is -2.21. The molecule has 1 heterocycles. The summed E-state index contributed by atoms with van der Waals surface area (Å²) in [7, 11) is 1.36. The summed E-state index contributed by atoms with van der Waals surface area (Å²) < 4.78 is 0.942. The van der Waals surface area contributed by atoms with Gasteiger partial charge in [0.05, 0.1) is 13.2 Å². The molecule has 7 heteroatoms. The van der Waals surface area contributed by atoms with E-state index in [4.69, 9.17) is 10.2 Å². The zero-order chi connectivity index (χ0) is 12.1. The van der Waals surface area contributed by atoms with Crippen LogP contribution in [0.5, 0.6) is 0 Å². The lowest BCUT2D eigenvalue weighted by atomic mass is 10.4. The standard InChI is InChI=1S/C9H15N3O4/c1-11-8(15)7(6-10-9(11)16)12(2-4-13)3-5-14/h6,13-14H,2-5H2,1H3,(H,10,16). The Kier molecular flexibility index (Phi) is 4.27. The van der Waals surface area contributed by atoms with Gasteiger partial charge in [0, 0.05) is 26.3 Å². The van der Waals surface area contributed by atoms with Crippen LogP contribution in [0, 0.1) is 0 Å². The van der Waals surface area contributed by atoms with Crippen molar-refractivity contribution in [3.05, 3.63) is 27.0 Å². The molecule has 0 saturated heterocycles. The first-order chi connectivity index (χ1) is 7.61. The molecule has 0 bridgehead atoms. The second kappa shape index (κ2) is 5.47. The Hall–Kier alpha value is -1.60. The van der Waals surface area contributed by atoms with E-state index in [9.17, 15) is 9.59 Å². The van der Waals surface area contributed by atoms with Crippen molar-refractivity contribution in [2.75, 3.05) is 31.2 Å². The smallest absolute Gasteiger partial charge is 0.328 e. The Balaban J connectivity index is 3.14. The van der Waals surface area contributed by atoms with Gasteiger partial charge in [-0.2, -0.15) is 0 Å². The maximum Gasteiger partial charge on any atom is 0.328 e. The first-order valence-electron chi connectivity index (χ1n) is 4.87. The minimum atomic E-state index is -0.498. The molecule has 0 aliphatic carbocycles. The van der Waals surface area contributed by atoms with E-state index < -0.39 is 11.2 Å². The molecule has 0 aliphatic rings. The third kappa shape index (κ3) is 2.50. The molecule has 0 amide bonds. The third-order valence-electron chi connectivity index (χ3n) is 2.24. The second-order valence-electron chi connectivity index (χ2n) is 3.28. The summed E-state index contributed by atoms with van der Waals surface area (Å²) in [6.45, 7) is 0.175. The largest absolute Gasteiger partial charge is 0.395 e. The van der Waals surface area contributed by atoms with Crippen molar-refractivity contribution >= 4 is 5.69 Å². The molecule has 0 fully saturated rings. The summed E-state index contributed by atoms with van der Waals surface area (Å²) in [4.78, 5) is 26.8. The van der Waals surface area contributed by atoms with E-state index >= 15 is 0 Å². The zero-order valence-corrected chi connectivity index (χ0v) is 9.01. The maximum absolute atomic E-state index is 11.7. The number of aliphatic hydroxyl groups excluding tert-OH is 2. The Morgan fingerprint density at radius 3 is 2.38 bits per heavy atom. The normalized spacial score (nSPS) is 10.4. The lowest BCUT2D eigenvalue weighted by Crippen LogP contribution is -2.40. The van der Waals surface area contributed by atoms with Crippen LogP contribution in [-0.2, 0) is 7.05 Å². The number of rotatable bonds is 5. The van der Waals surface area contributed by atoms with E-state index in [0.29, 0.717) is 0 Å². The summed E-state index contributed by atoms with van der Waals surface area (Å²) in [6.07, 6.45) is 1.29. The van der Waals surface area contributed by atoms with Crippen molar-refractivity contribution in [2.24, 2.45) is 7.05 Å². The van der Waals surface area contributed by atoms with Gasteiger partial charge in [-0.1, -0.05) is 0 Å². The molecule has 90 valence electrons. The van der Waals surface area contributed by atoms with Crippen LogP contribution < -0.4 is 16.1 Å². The lowest BCUT2D eigenvalue weighted by molar-refractivity contribution is 0.281. The fourth-order valence-electron chi connectivity index (χ4n) is 1.37. The highest BCUT2D eigenvalue weighted by Gasteiger charge is 2.11. The summed E-state index contributed by atoms with van der Waals surface area (Å²) in [5.41, 5.74) is -0.697. The van der Waals surface area contributed by atoms with Gasteiger partial charge in [-0.25, -0.2) is 4.79 Å². The number of aromatic nitrogens is 2. The van der Waals surface area contributed by atoms with E-state index in [1.807, 2.05) is 0 Å². The molecule has 1 aromatic rings. The molecule has 0 spiro atoms. The molecule has 0 atom stereocenters. The van der Waals surface area contributed by atoms with Gasteiger partial charge in [0.15, 0.2) is 0 Å². The van der Waals surface area contributed by atoms with Crippen LogP contribution in [0.1, 0.15) is 0 Å². The van der Waals surface area contributed by atoms with Crippen LogP contribution in [0.15, 0.2) is 15.8 Å². The summed E-state index contributed by atoms with van der Waals surface area (Å²) in [6, 6.07) is 0. The van der Waals surface area contributed by atoms with Gasteiger partial charge < -0.3 is 20.1 Å². The van der Waals surface area contributed by atoms with Crippen molar-refractivity contribution in [1.29, 1.82) is 0 Å². The first kappa shape index (κ1) is 12.5. The third-order valence-corrected chi connectivity index (χ3v) is 2.24. The number of aromatic amines is 1. The van der Waals surface area contributed by atoms with Gasteiger partial charge in [0.2, 0.25) is 0 Å². The number of aliphatic hydroxyl groups is 2. The fraction of sp³-hybridized carbons (Fsp3) is 0.556. The average Bonchev–Trinajstić information content (AvgIpc) is 2.26. The number of nitrogens with zero attached hydrogens (tertiary/aromatic N) is 2. The number of hydrogen-bond donors (Lipinski definition) is 3. The quantitative estimate of drug-likeness (QED) is 0.535. The van der Waals surface area contributed by atoms with Crippen LogP contribution in [0.3, 0.4) is 0 Å². The monoisotopic (exact) mass is 229 g/mol. The van der Waals surface area contributed by atoms with Gasteiger partial charge in [0.25, 0.3) is 5.56 Å². The fourth-order valence-corrected chi connectivity index (χ4v) is 1.37. The van der Waals surface area contributed by atoms with Crippen LogP contribution in [0.25, 0.3) is 0 Å². The van der Waals surface area contributed by atoms with Gasteiger partial charge in [-0.15, -0.1) is 0 Å². The van der Waals surface area contributed by atoms with Crippen LogP contribution in [0.4, 0.5) is 5.69 Å². The minimum Gasteiger partial charge on any atom is -0.395 e. The Labute approximate surface area is 91.6 Å². The molecule has 0 aromatic carbocycles. The molecular weight excluding hydrogens is 214 g/mol. The van der Waals surface area contributed by atoms with Crippen molar-refractivity contribution in [3.63, 3.8) is 0 Å². The van der Waals surface area contributed by atoms with Gasteiger partial charge in [0.1, 0.15) is 5.69 Å². The summed E-state index contributed by atoms with van der Waals surface area (Å²) in [5.74, 6) is 0. The number of nitrogens with one attached hydrogen (secondary N) is 1. The predicted octanol–water partition coefficient (Wildman–Crippen LogP) is -2.14. The van der Waals surface area contributed by atoms with E-state index in [1.165, 1.54) is 18.1 Å². The van der Waals surface area contributed by atoms with Crippen molar-refractivity contribution in [3.8, 4) is 0 Å². The van der Waals surface area contributed by atoms with Crippen molar-refractivity contribution in [1.82, 2.24) is 9.55 Å². The van der Waals surface area contributed by atoms with Crippen LogP contribution >= 0.6 is 0 Å². The predicted molar refractivity (Wildman–Crippen MR) is 58.7 cm³/mol. The molecule has 0 unspecified atom stereocenters. The molecule has 1 rings (SSSR count). The van der Waals surface area contributed by atoms with Crippen molar-refractivity contribution in [2.45, 2.75) is 0 Å². The number of hydrogen-bond acceptors (Lipinski definition) is 5. The Morgan fingerprint density at radius 2 is 1.88 bits per heavy atom. The highest BCUT2D eigenvalue weighted by molar-refractivity contribution is 5.41. The van der Waals surface area contributed by atoms with Crippen molar-refractivity contribution < 1.29 is 10.2 Å². The topological polar surface area (TPSA) is 98.6 Å². The molecule has 0 aliphatic heterocycles. The number of H-pyrrole nitrogens is 1. The van der Waals surface area contributed by atoms with Crippen LogP contribution in [-0.4, -0.2) is 46.1 Å². The average molecular weight is 229 g/mol. The molecule has 1 aromatic heterocycles. The molecule has 3 N–H and O–H groups in total. The maximum atomic E-state index is 11.7. The Bertz CT molecular complexity index is 445. The van der Waals surface area contributed by atoms with Gasteiger partial charge >= 0.3 is 5.69 Å². The highest BCUT2D eigenvalue weighted by Crippen LogP contribution is 2.03. The second-order valence-corrected chi connectivity index (χ2v) is 3.28. The van der Waals surface area contributed by atoms with E-state index in [1.54, 1.807) is 0 Å². The van der Waals surface area contributed by atoms with E-state index in [0.717, 1.165) is 4.57 Å².